The van der Waals surface area contributed by atoms with E-state index in [9.17, 15) is 32.8 Å². The molecule has 1 aliphatic heterocycles. The van der Waals surface area contributed by atoms with Gasteiger partial charge in [0, 0.05) is 30.9 Å². The molecule has 1 aromatic carbocycles. The molecule has 12 heteroatoms. The molecule has 182 valence electrons. The number of amides is 3. The second kappa shape index (κ2) is 12.2. The number of nitriles is 1. The number of carbonyl (C=O) groups is 3. The van der Waals surface area contributed by atoms with Crippen molar-refractivity contribution in [1.82, 2.24) is 10.2 Å². The maximum absolute atomic E-state index is 12.8. The number of hydrogen-bond donors (Lipinski definition) is 3. The van der Waals surface area contributed by atoms with Gasteiger partial charge in [-0.3, -0.25) is 14.4 Å². The summed E-state index contributed by atoms with van der Waals surface area (Å²) in [4.78, 5) is 37.6. The van der Waals surface area contributed by atoms with Crippen molar-refractivity contribution in [2.45, 2.75) is 36.6 Å². The van der Waals surface area contributed by atoms with Gasteiger partial charge in [-0.15, -0.1) is 18.2 Å². The fraction of sp³-hybridized carbons (Fsp3) is 0.455. The lowest BCUT2D eigenvalue weighted by molar-refractivity contribution is -0.167. The van der Waals surface area contributed by atoms with Crippen molar-refractivity contribution >= 4 is 40.9 Å². The SMILES string of the molecule is C#CCNC(=O)C(C#N)CC1SC(CCNc2cccc(NC(=O)C(F)(F)F)c2)C(=O)N1CC. The molecule has 1 fully saturated rings. The van der Waals surface area contributed by atoms with Gasteiger partial charge in [0.2, 0.25) is 11.8 Å². The zero-order valence-electron chi connectivity index (χ0n) is 18.3. The molecule has 3 N–H and O–H groups in total. The Morgan fingerprint density at radius 2 is 2.03 bits per heavy atom. The third kappa shape index (κ3) is 7.32. The van der Waals surface area contributed by atoms with Crippen molar-refractivity contribution in [1.29, 1.82) is 5.26 Å². The molecule has 0 aromatic heterocycles. The highest BCUT2D eigenvalue weighted by Crippen LogP contribution is 2.37. The fourth-order valence-electron chi connectivity index (χ4n) is 3.32. The lowest BCUT2D eigenvalue weighted by Gasteiger charge is -2.23. The quantitative estimate of drug-likeness (QED) is 0.430. The molecule has 1 aliphatic rings. The molecule has 2 rings (SSSR count). The highest BCUT2D eigenvalue weighted by molar-refractivity contribution is 8.01. The van der Waals surface area contributed by atoms with E-state index < -0.39 is 29.2 Å². The van der Waals surface area contributed by atoms with Crippen LogP contribution in [0.3, 0.4) is 0 Å². The number of benzene rings is 1. The van der Waals surface area contributed by atoms with Crippen LogP contribution in [0.25, 0.3) is 0 Å². The van der Waals surface area contributed by atoms with Gasteiger partial charge in [-0.1, -0.05) is 12.0 Å². The van der Waals surface area contributed by atoms with Crippen LogP contribution in [-0.4, -0.2) is 59.1 Å². The molecule has 3 atom stereocenters. The monoisotopic (exact) mass is 495 g/mol. The van der Waals surface area contributed by atoms with E-state index in [4.69, 9.17) is 6.42 Å². The van der Waals surface area contributed by atoms with Crippen molar-refractivity contribution in [2.24, 2.45) is 5.92 Å². The Hall–Kier alpha value is -3.38. The summed E-state index contributed by atoms with van der Waals surface area (Å²) >= 11 is 1.37. The maximum Gasteiger partial charge on any atom is 0.471 e. The Balaban J connectivity index is 1.93. The number of rotatable bonds is 10. The van der Waals surface area contributed by atoms with Crippen LogP contribution in [0, 0.1) is 29.6 Å². The predicted octanol–water partition coefficient (Wildman–Crippen LogP) is 2.56. The number of alkyl halides is 3. The van der Waals surface area contributed by atoms with E-state index in [1.54, 1.807) is 16.3 Å². The molecular weight excluding hydrogens is 471 g/mol. The molecule has 1 aromatic rings. The van der Waals surface area contributed by atoms with Crippen LogP contribution in [0.1, 0.15) is 19.8 Å². The molecule has 3 unspecified atom stereocenters. The third-order valence-corrected chi connectivity index (χ3v) is 6.48. The minimum absolute atomic E-state index is 0.0125. The molecule has 1 heterocycles. The smallest absolute Gasteiger partial charge is 0.385 e. The first-order valence-corrected chi connectivity index (χ1v) is 11.3. The molecule has 8 nitrogen and oxygen atoms in total. The van der Waals surface area contributed by atoms with E-state index in [-0.39, 0.29) is 29.9 Å². The van der Waals surface area contributed by atoms with Gasteiger partial charge >= 0.3 is 12.1 Å². The molecule has 0 spiro atoms. The lowest BCUT2D eigenvalue weighted by Crippen LogP contribution is -2.38. The van der Waals surface area contributed by atoms with E-state index in [1.165, 1.54) is 30.0 Å². The Morgan fingerprint density at radius 1 is 1.32 bits per heavy atom. The summed E-state index contributed by atoms with van der Waals surface area (Å²) in [5, 5.41) is 15.9. The van der Waals surface area contributed by atoms with E-state index in [2.05, 4.69) is 16.6 Å². The van der Waals surface area contributed by atoms with E-state index in [1.807, 2.05) is 13.0 Å². The van der Waals surface area contributed by atoms with Crippen molar-refractivity contribution in [3.63, 3.8) is 0 Å². The van der Waals surface area contributed by atoms with E-state index in [0.29, 0.717) is 25.2 Å². The van der Waals surface area contributed by atoms with Crippen LogP contribution in [0.4, 0.5) is 24.5 Å². The normalized spacial score (nSPS) is 18.5. The molecule has 34 heavy (non-hydrogen) atoms. The van der Waals surface area contributed by atoms with Gasteiger partial charge in [0.25, 0.3) is 0 Å². The second-order valence-electron chi connectivity index (χ2n) is 7.29. The van der Waals surface area contributed by atoms with Crippen molar-refractivity contribution in [3.05, 3.63) is 24.3 Å². The standard InChI is InChI=1S/C22H24F3N5O3S/c1-3-9-28-19(31)14(13-26)11-18-30(4-2)20(32)17(34-18)8-10-27-15-6-5-7-16(12-15)29-21(33)22(23,24)25/h1,5-7,12,14,17-18,27H,4,8-11H2,2H3,(H,28,31)(H,29,33). The number of hydrogen-bond acceptors (Lipinski definition) is 6. The van der Waals surface area contributed by atoms with Gasteiger partial charge in [-0.05, 0) is 31.5 Å². The summed E-state index contributed by atoms with van der Waals surface area (Å²) < 4.78 is 37.3. The summed E-state index contributed by atoms with van der Waals surface area (Å²) in [7, 11) is 0. The van der Waals surface area contributed by atoms with Crippen LogP contribution in [0.2, 0.25) is 0 Å². The summed E-state index contributed by atoms with van der Waals surface area (Å²) in [6.45, 7) is 2.59. The third-order valence-electron chi connectivity index (χ3n) is 4.96. The summed E-state index contributed by atoms with van der Waals surface area (Å²) in [5.74, 6) is -1.32. The number of anilines is 2. The van der Waals surface area contributed by atoms with E-state index in [0.717, 1.165) is 0 Å². The van der Waals surface area contributed by atoms with Gasteiger partial charge in [-0.2, -0.15) is 18.4 Å². The van der Waals surface area contributed by atoms with E-state index >= 15 is 0 Å². The van der Waals surface area contributed by atoms with Gasteiger partial charge < -0.3 is 20.9 Å². The van der Waals surface area contributed by atoms with Crippen LogP contribution >= 0.6 is 11.8 Å². The average molecular weight is 496 g/mol. The van der Waals surface area contributed by atoms with Crippen LogP contribution in [-0.2, 0) is 14.4 Å². The minimum Gasteiger partial charge on any atom is -0.385 e. The highest BCUT2D eigenvalue weighted by Gasteiger charge is 2.41. The van der Waals surface area contributed by atoms with Crippen molar-refractivity contribution in [2.75, 3.05) is 30.3 Å². The first-order valence-electron chi connectivity index (χ1n) is 10.4. The molecule has 0 aliphatic carbocycles. The van der Waals surface area contributed by atoms with Gasteiger partial charge in [0.1, 0.15) is 5.92 Å². The topological polar surface area (TPSA) is 114 Å². The number of nitrogens with zero attached hydrogens (tertiary/aromatic N) is 2. The summed E-state index contributed by atoms with van der Waals surface area (Å²) in [5.41, 5.74) is 0.468. The number of thioether (sulfide) groups is 1. The van der Waals surface area contributed by atoms with Crippen LogP contribution in [0.5, 0.6) is 0 Å². The maximum atomic E-state index is 12.8. The molecule has 3 amide bonds. The number of terminal acetylenes is 1. The second-order valence-corrected chi connectivity index (χ2v) is 8.68. The molecule has 0 saturated carbocycles. The summed E-state index contributed by atoms with van der Waals surface area (Å²) in [6, 6.07) is 7.77. The minimum atomic E-state index is -4.99. The number of halogens is 3. The van der Waals surface area contributed by atoms with Crippen molar-refractivity contribution < 1.29 is 27.6 Å². The highest BCUT2D eigenvalue weighted by atomic mass is 32.2. The Labute approximate surface area is 199 Å². The first kappa shape index (κ1) is 26.9. The van der Waals surface area contributed by atoms with Gasteiger partial charge in [0.15, 0.2) is 0 Å². The zero-order chi connectivity index (χ0) is 25.3. The molecule has 0 radical (unpaired) electrons. The Morgan fingerprint density at radius 3 is 2.65 bits per heavy atom. The summed E-state index contributed by atoms with van der Waals surface area (Å²) in [6.07, 6.45) is 0.716. The largest absolute Gasteiger partial charge is 0.471 e. The lowest BCUT2D eigenvalue weighted by atomic mass is 10.1. The fourth-order valence-corrected chi connectivity index (χ4v) is 4.91. The Bertz CT molecular complexity index is 989. The van der Waals surface area contributed by atoms with Crippen LogP contribution < -0.4 is 16.0 Å². The number of nitrogens with one attached hydrogen (secondary N) is 3. The molecule has 0 bridgehead atoms. The first-order chi connectivity index (χ1) is 16.1. The van der Waals surface area contributed by atoms with Crippen LogP contribution in [0.15, 0.2) is 24.3 Å². The van der Waals surface area contributed by atoms with Gasteiger partial charge in [-0.25, -0.2) is 0 Å². The zero-order valence-corrected chi connectivity index (χ0v) is 19.1. The molecular formula is C22H24F3N5O3S. The van der Waals surface area contributed by atoms with Crippen molar-refractivity contribution in [3.8, 4) is 18.4 Å². The molecule has 1 saturated heterocycles. The van der Waals surface area contributed by atoms with Gasteiger partial charge in [0.05, 0.1) is 23.2 Å². The number of carbonyl (C=O) groups excluding carboxylic acids is 3. The average Bonchev–Trinajstić information content (AvgIpc) is 3.09. The predicted molar refractivity (Wildman–Crippen MR) is 122 cm³/mol. The Kier molecular flexibility index (Phi) is 9.63.